The highest BCUT2D eigenvalue weighted by atomic mass is 32.1. The van der Waals surface area contributed by atoms with Crippen LogP contribution in [0.4, 0.5) is 0 Å². The number of aryl methyl sites for hydroxylation is 1. The molecule has 3 heteroatoms. The van der Waals surface area contributed by atoms with Gasteiger partial charge in [-0.25, -0.2) is 0 Å². The molecular weight excluding hydrogens is 184 g/mol. The van der Waals surface area contributed by atoms with E-state index in [1.54, 1.807) is 0 Å². The first kappa shape index (κ1) is 10.1. The standard InChI is InChI=1S/C10H12O2S/c1-7-5-8(3-4-9(7)13)6-10(11)12-2/h3-5,13H,6H2,1-2H3. The Kier molecular flexibility index (Phi) is 3.37. The first-order valence-corrected chi connectivity index (χ1v) is 4.43. The second kappa shape index (κ2) is 4.33. The molecule has 0 unspecified atom stereocenters. The monoisotopic (exact) mass is 196 g/mol. The van der Waals surface area contributed by atoms with Crippen LogP contribution in [0.15, 0.2) is 23.1 Å². The number of hydrogen-bond acceptors (Lipinski definition) is 3. The summed E-state index contributed by atoms with van der Waals surface area (Å²) in [4.78, 5) is 11.9. The van der Waals surface area contributed by atoms with Crippen LogP contribution in [0.5, 0.6) is 0 Å². The maximum absolute atomic E-state index is 10.9. The van der Waals surface area contributed by atoms with E-state index < -0.39 is 0 Å². The topological polar surface area (TPSA) is 26.3 Å². The van der Waals surface area contributed by atoms with Crippen molar-refractivity contribution in [3.63, 3.8) is 0 Å². The molecule has 0 atom stereocenters. The average molecular weight is 196 g/mol. The number of benzene rings is 1. The van der Waals surface area contributed by atoms with Gasteiger partial charge < -0.3 is 4.74 Å². The van der Waals surface area contributed by atoms with Gasteiger partial charge in [-0.3, -0.25) is 4.79 Å². The van der Waals surface area contributed by atoms with Gasteiger partial charge in [0.05, 0.1) is 13.5 Å². The Morgan fingerprint density at radius 2 is 2.23 bits per heavy atom. The van der Waals surface area contributed by atoms with Crippen molar-refractivity contribution in [1.82, 2.24) is 0 Å². The molecule has 0 aromatic heterocycles. The predicted octanol–water partition coefficient (Wildman–Crippen LogP) is 2.00. The number of ether oxygens (including phenoxy) is 1. The van der Waals surface area contributed by atoms with Crippen LogP contribution in [0.2, 0.25) is 0 Å². The first-order chi connectivity index (χ1) is 6.13. The van der Waals surface area contributed by atoms with Gasteiger partial charge in [-0.05, 0) is 24.1 Å². The maximum atomic E-state index is 10.9. The zero-order chi connectivity index (χ0) is 9.84. The molecule has 1 aromatic carbocycles. The minimum Gasteiger partial charge on any atom is -0.469 e. The molecule has 0 fully saturated rings. The molecule has 13 heavy (non-hydrogen) atoms. The summed E-state index contributed by atoms with van der Waals surface area (Å²) in [5.74, 6) is -0.216. The molecule has 0 N–H and O–H groups in total. The first-order valence-electron chi connectivity index (χ1n) is 3.99. The molecule has 0 bridgehead atoms. The van der Waals surface area contributed by atoms with Gasteiger partial charge in [-0.15, -0.1) is 12.6 Å². The van der Waals surface area contributed by atoms with Crippen LogP contribution in [0.25, 0.3) is 0 Å². The van der Waals surface area contributed by atoms with Crippen molar-refractivity contribution in [2.24, 2.45) is 0 Å². The number of thiol groups is 1. The van der Waals surface area contributed by atoms with E-state index in [0.717, 1.165) is 16.0 Å². The van der Waals surface area contributed by atoms with Crippen molar-refractivity contribution in [3.05, 3.63) is 29.3 Å². The van der Waals surface area contributed by atoms with E-state index >= 15 is 0 Å². The molecule has 1 aromatic rings. The molecule has 70 valence electrons. The fourth-order valence-corrected chi connectivity index (χ4v) is 1.21. The molecule has 0 aliphatic heterocycles. The number of carbonyl (C=O) groups is 1. The summed E-state index contributed by atoms with van der Waals surface area (Å²) in [7, 11) is 1.39. The van der Waals surface area contributed by atoms with E-state index in [1.807, 2.05) is 25.1 Å². The van der Waals surface area contributed by atoms with E-state index in [9.17, 15) is 4.79 Å². The van der Waals surface area contributed by atoms with Crippen molar-refractivity contribution >= 4 is 18.6 Å². The lowest BCUT2D eigenvalue weighted by atomic mass is 10.1. The van der Waals surface area contributed by atoms with Crippen molar-refractivity contribution in [3.8, 4) is 0 Å². The van der Waals surface area contributed by atoms with Gasteiger partial charge in [0.25, 0.3) is 0 Å². The SMILES string of the molecule is COC(=O)Cc1ccc(S)c(C)c1. The summed E-state index contributed by atoms with van der Waals surface area (Å²) in [6, 6.07) is 5.71. The fourth-order valence-electron chi connectivity index (χ4n) is 1.07. The van der Waals surface area contributed by atoms with E-state index in [1.165, 1.54) is 7.11 Å². The van der Waals surface area contributed by atoms with Crippen molar-refractivity contribution in [2.45, 2.75) is 18.2 Å². The predicted molar refractivity (Wildman–Crippen MR) is 54.2 cm³/mol. The third-order valence-electron chi connectivity index (χ3n) is 1.84. The molecule has 1 rings (SSSR count). The summed E-state index contributed by atoms with van der Waals surface area (Å²) in [5.41, 5.74) is 2.03. The Labute approximate surface area is 83.3 Å². The summed E-state index contributed by atoms with van der Waals surface area (Å²) in [6.07, 6.45) is 0.325. The average Bonchev–Trinajstić information content (AvgIpc) is 2.11. The number of hydrogen-bond donors (Lipinski definition) is 1. The lowest BCUT2D eigenvalue weighted by Gasteiger charge is -2.03. The van der Waals surface area contributed by atoms with Crippen molar-refractivity contribution in [1.29, 1.82) is 0 Å². The summed E-state index contributed by atoms with van der Waals surface area (Å²) >= 11 is 4.24. The molecule has 2 nitrogen and oxygen atoms in total. The van der Waals surface area contributed by atoms with Crippen molar-refractivity contribution in [2.75, 3.05) is 7.11 Å². The molecule has 0 aliphatic rings. The molecular formula is C10H12O2S. The lowest BCUT2D eigenvalue weighted by Crippen LogP contribution is -2.04. The zero-order valence-corrected chi connectivity index (χ0v) is 8.60. The van der Waals surface area contributed by atoms with Crippen LogP contribution in [0, 0.1) is 6.92 Å². The van der Waals surface area contributed by atoms with Gasteiger partial charge in [0.15, 0.2) is 0 Å². The lowest BCUT2D eigenvalue weighted by molar-refractivity contribution is -0.139. The highest BCUT2D eigenvalue weighted by Gasteiger charge is 2.03. The Balaban J connectivity index is 2.79. The smallest absolute Gasteiger partial charge is 0.309 e. The second-order valence-corrected chi connectivity index (χ2v) is 3.36. The van der Waals surface area contributed by atoms with E-state index in [4.69, 9.17) is 0 Å². The summed E-state index contributed by atoms with van der Waals surface area (Å²) < 4.78 is 4.57. The Morgan fingerprint density at radius 1 is 1.54 bits per heavy atom. The van der Waals surface area contributed by atoms with Gasteiger partial charge in [0, 0.05) is 4.90 Å². The summed E-state index contributed by atoms with van der Waals surface area (Å²) in [5, 5.41) is 0. The number of methoxy groups -OCH3 is 1. The van der Waals surface area contributed by atoms with E-state index in [-0.39, 0.29) is 5.97 Å². The third-order valence-corrected chi connectivity index (χ3v) is 2.34. The van der Waals surface area contributed by atoms with Gasteiger partial charge >= 0.3 is 5.97 Å². The number of rotatable bonds is 2. The minimum atomic E-state index is -0.216. The van der Waals surface area contributed by atoms with Gasteiger partial charge in [0.2, 0.25) is 0 Å². The zero-order valence-electron chi connectivity index (χ0n) is 7.70. The van der Waals surface area contributed by atoms with Gasteiger partial charge in [0.1, 0.15) is 0 Å². The van der Waals surface area contributed by atoms with Gasteiger partial charge in [-0.1, -0.05) is 12.1 Å². The molecule has 0 aliphatic carbocycles. The van der Waals surface area contributed by atoms with E-state index in [0.29, 0.717) is 6.42 Å². The fraction of sp³-hybridized carbons (Fsp3) is 0.300. The van der Waals surface area contributed by atoms with Crippen LogP contribution in [0.1, 0.15) is 11.1 Å². The largest absolute Gasteiger partial charge is 0.469 e. The van der Waals surface area contributed by atoms with Crippen LogP contribution < -0.4 is 0 Å². The third kappa shape index (κ3) is 2.77. The number of esters is 1. The van der Waals surface area contributed by atoms with Crippen LogP contribution in [-0.4, -0.2) is 13.1 Å². The number of carbonyl (C=O) groups excluding carboxylic acids is 1. The molecule has 0 saturated carbocycles. The molecule has 0 saturated heterocycles. The second-order valence-electron chi connectivity index (χ2n) is 2.87. The van der Waals surface area contributed by atoms with E-state index in [2.05, 4.69) is 17.4 Å². The Bertz CT molecular complexity index is 321. The van der Waals surface area contributed by atoms with Crippen molar-refractivity contribution < 1.29 is 9.53 Å². The van der Waals surface area contributed by atoms with Crippen LogP contribution in [-0.2, 0) is 16.0 Å². The Morgan fingerprint density at radius 3 is 2.77 bits per heavy atom. The molecule has 0 radical (unpaired) electrons. The van der Waals surface area contributed by atoms with Crippen LogP contribution in [0.3, 0.4) is 0 Å². The highest BCUT2D eigenvalue weighted by molar-refractivity contribution is 7.80. The van der Waals surface area contributed by atoms with Gasteiger partial charge in [-0.2, -0.15) is 0 Å². The normalized spacial score (nSPS) is 9.77. The molecule has 0 spiro atoms. The molecule has 0 heterocycles. The Hall–Kier alpha value is -0.960. The minimum absolute atomic E-state index is 0.216. The highest BCUT2D eigenvalue weighted by Crippen LogP contribution is 2.14. The maximum Gasteiger partial charge on any atom is 0.309 e. The summed E-state index contributed by atoms with van der Waals surface area (Å²) in [6.45, 7) is 1.96. The van der Waals surface area contributed by atoms with Crippen LogP contribution >= 0.6 is 12.6 Å². The molecule has 0 amide bonds. The quantitative estimate of drug-likeness (QED) is 0.578.